The number of nitrogens with one attached hydrogen (secondary N) is 3. The number of anilines is 2. The molecule has 1 aliphatic rings. The summed E-state index contributed by atoms with van der Waals surface area (Å²) in [5.74, 6) is -5.00. The summed E-state index contributed by atoms with van der Waals surface area (Å²) >= 11 is 0. The first kappa shape index (κ1) is 20.5. The molecule has 0 bridgehead atoms. The van der Waals surface area contributed by atoms with E-state index in [1.807, 2.05) is 30.3 Å². The number of hydrogen-bond acceptors (Lipinski definition) is 3. The third kappa shape index (κ3) is 5.40. The second-order valence-corrected chi connectivity index (χ2v) is 6.77. The summed E-state index contributed by atoms with van der Waals surface area (Å²) in [6.07, 6.45) is 0.936. The van der Waals surface area contributed by atoms with Crippen LogP contribution >= 0.6 is 0 Å². The summed E-state index contributed by atoms with van der Waals surface area (Å²) < 4.78 is 39.6. The number of halogens is 3. The highest BCUT2D eigenvalue weighted by atomic mass is 19.2. The van der Waals surface area contributed by atoms with Gasteiger partial charge in [-0.2, -0.15) is 0 Å². The van der Waals surface area contributed by atoms with E-state index >= 15 is 0 Å². The monoisotopic (exact) mass is 406 g/mol. The zero-order chi connectivity index (χ0) is 20.8. The van der Waals surface area contributed by atoms with Crippen molar-refractivity contribution in [1.29, 1.82) is 0 Å². The smallest absolute Gasteiger partial charge is 0.315 e. The summed E-state index contributed by atoms with van der Waals surface area (Å²) in [6.45, 7) is 1.74. The van der Waals surface area contributed by atoms with Crippen molar-refractivity contribution in [3.63, 3.8) is 0 Å². The van der Waals surface area contributed by atoms with Crippen molar-refractivity contribution in [3.05, 3.63) is 59.9 Å². The van der Waals surface area contributed by atoms with Gasteiger partial charge in [-0.1, -0.05) is 18.2 Å². The van der Waals surface area contributed by atoms with Gasteiger partial charge in [-0.05, 0) is 36.6 Å². The van der Waals surface area contributed by atoms with Crippen molar-refractivity contribution in [1.82, 2.24) is 10.6 Å². The van der Waals surface area contributed by atoms with E-state index in [1.54, 1.807) is 0 Å². The predicted molar refractivity (Wildman–Crippen MR) is 103 cm³/mol. The molecule has 2 aromatic rings. The van der Waals surface area contributed by atoms with E-state index in [0.717, 1.165) is 31.3 Å². The molecule has 1 aliphatic heterocycles. The lowest BCUT2D eigenvalue weighted by Crippen LogP contribution is -2.42. The molecule has 0 aromatic heterocycles. The number of para-hydroxylation sites is 1. The Hall–Kier alpha value is -3.23. The third-order valence-electron chi connectivity index (χ3n) is 4.68. The number of nitrogens with zero attached hydrogens (tertiary/aromatic N) is 1. The molecule has 1 atom stereocenters. The second kappa shape index (κ2) is 9.31. The van der Waals surface area contributed by atoms with Gasteiger partial charge in [-0.3, -0.25) is 4.79 Å². The number of rotatable bonds is 6. The van der Waals surface area contributed by atoms with Crippen molar-refractivity contribution in [3.8, 4) is 0 Å². The van der Waals surface area contributed by atoms with Crippen molar-refractivity contribution in [2.75, 3.05) is 36.4 Å². The van der Waals surface area contributed by atoms with Gasteiger partial charge in [-0.15, -0.1) is 0 Å². The lowest BCUT2D eigenvalue weighted by molar-refractivity contribution is -0.115. The van der Waals surface area contributed by atoms with Crippen LogP contribution in [-0.2, 0) is 4.79 Å². The lowest BCUT2D eigenvalue weighted by Gasteiger charge is -2.18. The van der Waals surface area contributed by atoms with Gasteiger partial charge in [0.05, 0.1) is 12.2 Å². The molecule has 3 N–H and O–H groups in total. The number of hydrogen-bond donors (Lipinski definition) is 3. The van der Waals surface area contributed by atoms with E-state index < -0.39 is 41.6 Å². The van der Waals surface area contributed by atoms with Crippen molar-refractivity contribution < 1.29 is 22.8 Å². The number of carbonyl (C=O) groups is 2. The Morgan fingerprint density at radius 3 is 2.52 bits per heavy atom. The van der Waals surface area contributed by atoms with Gasteiger partial charge in [0, 0.05) is 25.3 Å². The molecule has 1 heterocycles. The lowest BCUT2D eigenvalue weighted by atomic mass is 10.1. The molecule has 6 nitrogen and oxygen atoms in total. The average molecular weight is 406 g/mol. The SMILES string of the molecule is O=C(CNC(=O)NCC1CCN(c2ccccc2)C1)Nc1ccc(F)c(F)c1F. The van der Waals surface area contributed by atoms with Crippen LogP contribution in [0, 0.1) is 23.4 Å². The molecule has 2 aromatic carbocycles. The summed E-state index contributed by atoms with van der Waals surface area (Å²) in [5.41, 5.74) is 0.642. The molecule has 3 amide bonds. The van der Waals surface area contributed by atoms with E-state index in [-0.39, 0.29) is 5.92 Å². The minimum atomic E-state index is -1.67. The van der Waals surface area contributed by atoms with Crippen LogP contribution < -0.4 is 20.9 Å². The topological polar surface area (TPSA) is 73.5 Å². The summed E-state index contributed by atoms with van der Waals surface area (Å²) in [4.78, 5) is 25.9. The molecule has 3 rings (SSSR count). The predicted octanol–water partition coefficient (Wildman–Crippen LogP) is 2.87. The maximum absolute atomic E-state index is 13.5. The zero-order valence-corrected chi connectivity index (χ0v) is 15.6. The summed E-state index contributed by atoms with van der Waals surface area (Å²) in [6, 6.07) is 11.1. The molecule has 9 heteroatoms. The number of benzene rings is 2. The molecule has 1 fully saturated rings. The fraction of sp³-hybridized carbons (Fsp3) is 0.300. The van der Waals surface area contributed by atoms with E-state index in [4.69, 9.17) is 0 Å². The molecule has 154 valence electrons. The number of urea groups is 1. The Morgan fingerprint density at radius 2 is 1.76 bits per heavy atom. The third-order valence-corrected chi connectivity index (χ3v) is 4.68. The number of carbonyl (C=O) groups excluding carboxylic acids is 2. The van der Waals surface area contributed by atoms with Crippen LogP contribution in [0.1, 0.15) is 6.42 Å². The van der Waals surface area contributed by atoms with Gasteiger partial charge in [0.2, 0.25) is 5.91 Å². The Kier molecular flexibility index (Phi) is 6.58. The van der Waals surface area contributed by atoms with Gasteiger partial charge in [0.25, 0.3) is 0 Å². The van der Waals surface area contributed by atoms with Crippen LogP contribution in [0.3, 0.4) is 0 Å². The average Bonchev–Trinajstić information content (AvgIpc) is 3.21. The molecular weight excluding hydrogens is 385 g/mol. The van der Waals surface area contributed by atoms with Crippen LogP contribution in [-0.4, -0.2) is 38.1 Å². The maximum atomic E-state index is 13.5. The first-order valence-corrected chi connectivity index (χ1v) is 9.19. The number of amides is 3. The van der Waals surface area contributed by atoms with Gasteiger partial charge < -0.3 is 20.9 Å². The molecule has 1 unspecified atom stereocenters. The Bertz CT molecular complexity index is 880. The normalized spacial score (nSPS) is 15.8. The van der Waals surface area contributed by atoms with Crippen molar-refractivity contribution in [2.24, 2.45) is 5.92 Å². The highest BCUT2D eigenvalue weighted by Gasteiger charge is 2.23. The maximum Gasteiger partial charge on any atom is 0.315 e. The Balaban J connectivity index is 1.38. The summed E-state index contributed by atoms with van der Waals surface area (Å²) in [7, 11) is 0. The van der Waals surface area contributed by atoms with E-state index in [2.05, 4.69) is 20.9 Å². The minimum Gasteiger partial charge on any atom is -0.371 e. The van der Waals surface area contributed by atoms with E-state index in [0.29, 0.717) is 12.6 Å². The molecule has 0 aliphatic carbocycles. The molecule has 1 saturated heterocycles. The van der Waals surface area contributed by atoms with Crippen LogP contribution in [0.5, 0.6) is 0 Å². The fourth-order valence-corrected chi connectivity index (χ4v) is 3.15. The highest BCUT2D eigenvalue weighted by Crippen LogP contribution is 2.23. The first-order chi connectivity index (χ1) is 13.9. The van der Waals surface area contributed by atoms with Gasteiger partial charge >= 0.3 is 6.03 Å². The van der Waals surface area contributed by atoms with Gasteiger partial charge in [0.1, 0.15) is 0 Å². The quantitative estimate of drug-likeness (QED) is 0.646. The van der Waals surface area contributed by atoms with Gasteiger partial charge in [-0.25, -0.2) is 18.0 Å². The van der Waals surface area contributed by atoms with Crippen LogP contribution in [0.2, 0.25) is 0 Å². The molecule has 29 heavy (non-hydrogen) atoms. The van der Waals surface area contributed by atoms with E-state index in [1.165, 1.54) is 0 Å². The molecule has 0 spiro atoms. The Labute approximate surface area is 166 Å². The largest absolute Gasteiger partial charge is 0.371 e. The Morgan fingerprint density at radius 1 is 1.00 bits per heavy atom. The minimum absolute atomic E-state index is 0.283. The van der Waals surface area contributed by atoms with Gasteiger partial charge in [0.15, 0.2) is 17.5 Å². The first-order valence-electron chi connectivity index (χ1n) is 9.19. The highest BCUT2D eigenvalue weighted by molar-refractivity contribution is 5.94. The zero-order valence-electron chi connectivity index (χ0n) is 15.6. The fourth-order valence-electron chi connectivity index (χ4n) is 3.15. The van der Waals surface area contributed by atoms with E-state index in [9.17, 15) is 22.8 Å². The van der Waals surface area contributed by atoms with Crippen LogP contribution in [0.15, 0.2) is 42.5 Å². The summed E-state index contributed by atoms with van der Waals surface area (Å²) in [5, 5.41) is 7.14. The molecular formula is C20H21F3N4O2. The van der Waals surface area contributed by atoms with Crippen LogP contribution in [0.4, 0.5) is 29.3 Å². The molecule has 0 radical (unpaired) electrons. The standard InChI is InChI=1S/C20H21F3N4O2/c21-15-6-7-16(19(23)18(15)22)26-17(28)11-25-20(29)24-10-13-8-9-27(12-13)14-4-2-1-3-5-14/h1-7,13H,8-12H2,(H,26,28)(H2,24,25,29). The van der Waals surface area contributed by atoms with Crippen molar-refractivity contribution >= 4 is 23.3 Å². The molecule has 0 saturated carbocycles. The van der Waals surface area contributed by atoms with Crippen LogP contribution in [0.25, 0.3) is 0 Å². The van der Waals surface area contributed by atoms with Crippen molar-refractivity contribution in [2.45, 2.75) is 6.42 Å². The second-order valence-electron chi connectivity index (χ2n) is 6.77.